The van der Waals surface area contributed by atoms with Gasteiger partial charge in [0.25, 0.3) is 0 Å². The predicted molar refractivity (Wildman–Crippen MR) is 81.4 cm³/mol. The minimum atomic E-state index is 0.171. The van der Waals surface area contributed by atoms with E-state index in [1.54, 1.807) is 7.11 Å². The van der Waals surface area contributed by atoms with Gasteiger partial charge in [-0.1, -0.05) is 12.1 Å². The van der Waals surface area contributed by atoms with Crippen LogP contribution in [0.1, 0.15) is 12.0 Å². The molecule has 5 heteroatoms. The summed E-state index contributed by atoms with van der Waals surface area (Å²) < 4.78 is 5.18. The Balaban J connectivity index is 1.81. The minimum absolute atomic E-state index is 0.171. The van der Waals surface area contributed by atoms with Gasteiger partial charge in [-0.05, 0) is 24.1 Å². The van der Waals surface area contributed by atoms with Gasteiger partial charge in [-0.3, -0.25) is 9.69 Å². The molecule has 5 nitrogen and oxygen atoms in total. The average molecular weight is 292 g/mol. The van der Waals surface area contributed by atoms with Crippen molar-refractivity contribution in [2.75, 3.05) is 46.4 Å². The number of carbonyl (C=O) groups is 1. The van der Waals surface area contributed by atoms with Gasteiger partial charge in [0.2, 0.25) is 5.91 Å². The molecule has 1 heterocycles. The molecule has 1 amide bonds. The van der Waals surface area contributed by atoms with E-state index in [0.29, 0.717) is 6.42 Å². The van der Waals surface area contributed by atoms with E-state index in [-0.39, 0.29) is 12.5 Å². The van der Waals surface area contributed by atoms with E-state index in [0.717, 1.165) is 50.5 Å². The number of amides is 1. The number of ether oxygens (including phenoxy) is 1. The summed E-state index contributed by atoms with van der Waals surface area (Å²) >= 11 is 0. The van der Waals surface area contributed by atoms with Gasteiger partial charge in [0.1, 0.15) is 5.75 Å². The Hall–Kier alpha value is -1.59. The fraction of sp³-hybridized carbons (Fsp3) is 0.562. The molecule has 0 saturated carbocycles. The van der Waals surface area contributed by atoms with Crippen molar-refractivity contribution >= 4 is 5.91 Å². The summed E-state index contributed by atoms with van der Waals surface area (Å²) in [5, 5.41) is 8.84. The summed E-state index contributed by atoms with van der Waals surface area (Å²) in [5.74, 6) is 0.958. The van der Waals surface area contributed by atoms with Crippen molar-refractivity contribution in [1.29, 1.82) is 0 Å². The van der Waals surface area contributed by atoms with E-state index in [2.05, 4.69) is 4.90 Å². The average Bonchev–Trinajstić information content (AvgIpc) is 2.53. The van der Waals surface area contributed by atoms with Gasteiger partial charge >= 0.3 is 0 Å². The third-order valence-electron chi connectivity index (χ3n) is 3.85. The molecular formula is C16H24N2O3. The summed E-state index contributed by atoms with van der Waals surface area (Å²) in [4.78, 5) is 16.5. The molecule has 1 aliphatic heterocycles. The third kappa shape index (κ3) is 4.72. The second-order valence-corrected chi connectivity index (χ2v) is 5.33. The number of hydrogen-bond donors (Lipinski definition) is 1. The highest BCUT2D eigenvalue weighted by atomic mass is 16.5. The highest BCUT2D eigenvalue weighted by Crippen LogP contribution is 2.14. The maximum absolute atomic E-state index is 12.3. The SMILES string of the molecule is COc1cccc(CC(=O)N2CCN(CCCO)CC2)c1. The summed E-state index contributed by atoms with van der Waals surface area (Å²) in [6.45, 7) is 4.47. The number of aliphatic hydroxyl groups excluding tert-OH is 1. The van der Waals surface area contributed by atoms with Crippen LogP contribution in [0.2, 0.25) is 0 Å². The third-order valence-corrected chi connectivity index (χ3v) is 3.85. The van der Waals surface area contributed by atoms with Gasteiger partial charge in [0.05, 0.1) is 13.5 Å². The number of benzene rings is 1. The molecule has 0 spiro atoms. The molecule has 1 aliphatic rings. The van der Waals surface area contributed by atoms with Crippen LogP contribution in [0.4, 0.5) is 0 Å². The lowest BCUT2D eigenvalue weighted by molar-refractivity contribution is -0.132. The van der Waals surface area contributed by atoms with E-state index in [1.165, 1.54) is 0 Å². The Bertz CT molecular complexity index is 457. The molecule has 0 unspecified atom stereocenters. The molecule has 1 N–H and O–H groups in total. The summed E-state index contributed by atoms with van der Waals surface area (Å²) in [6.07, 6.45) is 1.23. The Morgan fingerprint density at radius 2 is 2.05 bits per heavy atom. The highest BCUT2D eigenvalue weighted by Gasteiger charge is 2.20. The van der Waals surface area contributed by atoms with Crippen molar-refractivity contribution in [2.45, 2.75) is 12.8 Å². The molecule has 21 heavy (non-hydrogen) atoms. The van der Waals surface area contributed by atoms with E-state index in [1.807, 2.05) is 29.2 Å². The molecule has 0 radical (unpaired) electrons. The second kappa shape index (κ2) is 8.00. The summed E-state index contributed by atoms with van der Waals surface area (Å²) in [6, 6.07) is 7.66. The van der Waals surface area contributed by atoms with Crippen LogP contribution in [0, 0.1) is 0 Å². The molecule has 0 bridgehead atoms. The topological polar surface area (TPSA) is 53.0 Å². The zero-order valence-corrected chi connectivity index (χ0v) is 12.6. The first-order valence-electron chi connectivity index (χ1n) is 7.47. The Kier molecular flexibility index (Phi) is 6.02. The molecular weight excluding hydrogens is 268 g/mol. The smallest absolute Gasteiger partial charge is 0.227 e. The molecule has 1 saturated heterocycles. The number of piperazine rings is 1. The van der Waals surface area contributed by atoms with Crippen molar-refractivity contribution in [3.63, 3.8) is 0 Å². The first kappa shape index (κ1) is 15.8. The van der Waals surface area contributed by atoms with Gasteiger partial charge < -0.3 is 14.7 Å². The first-order valence-corrected chi connectivity index (χ1v) is 7.47. The van der Waals surface area contributed by atoms with Crippen molar-refractivity contribution in [1.82, 2.24) is 9.80 Å². The monoisotopic (exact) mass is 292 g/mol. The summed E-state index contributed by atoms with van der Waals surface area (Å²) in [5.41, 5.74) is 0.988. The Morgan fingerprint density at radius 3 is 2.71 bits per heavy atom. The highest BCUT2D eigenvalue weighted by molar-refractivity contribution is 5.79. The van der Waals surface area contributed by atoms with Crippen LogP contribution in [-0.4, -0.2) is 67.3 Å². The Labute approximate surface area is 126 Å². The lowest BCUT2D eigenvalue weighted by Crippen LogP contribution is -2.49. The fourth-order valence-electron chi connectivity index (χ4n) is 2.58. The summed E-state index contributed by atoms with van der Waals surface area (Å²) in [7, 11) is 1.63. The van der Waals surface area contributed by atoms with E-state index >= 15 is 0 Å². The number of rotatable bonds is 6. The molecule has 116 valence electrons. The van der Waals surface area contributed by atoms with Crippen LogP contribution in [-0.2, 0) is 11.2 Å². The number of aliphatic hydroxyl groups is 1. The number of carbonyl (C=O) groups excluding carboxylic acids is 1. The lowest BCUT2D eigenvalue weighted by Gasteiger charge is -2.34. The number of nitrogens with zero attached hydrogens (tertiary/aromatic N) is 2. The number of hydrogen-bond acceptors (Lipinski definition) is 4. The van der Waals surface area contributed by atoms with Gasteiger partial charge in [-0.15, -0.1) is 0 Å². The normalized spacial score (nSPS) is 16.0. The molecule has 0 aliphatic carbocycles. The Morgan fingerprint density at radius 1 is 1.29 bits per heavy atom. The predicted octanol–water partition coefficient (Wildman–Crippen LogP) is 0.764. The van der Waals surface area contributed by atoms with Crippen LogP contribution >= 0.6 is 0 Å². The van der Waals surface area contributed by atoms with Crippen molar-refractivity contribution in [3.05, 3.63) is 29.8 Å². The van der Waals surface area contributed by atoms with E-state index in [4.69, 9.17) is 9.84 Å². The lowest BCUT2D eigenvalue weighted by atomic mass is 10.1. The van der Waals surface area contributed by atoms with Gasteiger partial charge in [-0.2, -0.15) is 0 Å². The standard InChI is InChI=1S/C16H24N2O3/c1-21-15-5-2-4-14(12-15)13-16(20)18-9-7-17(8-10-18)6-3-11-19/h2,4-5,12,19H,3,6-11,13H2,1H3. The molecule has 0 atom stereocenters. The van der Waals surface area contributed by atoms with Crippen LogP contribution in [0.25, 0.3) is 0 Å². The molecule has 1 aromatic carbocycles. The van der Waals surface area contributed by atoms with Crippen molar-refractivity contribution < 1.29 is 14.6 Å². The second-order valence-electron chi connectivity index (χ2n) is 5.33. The van der Waals surface area contributed by atoms with Crippen LogP contribution in [0.5, 0.6) is 5.75 Å². The quantitative estimate of drug-likeness (QED) is 0.841. The maximum Gasteiger partial charge on any atom is 0.227 e. The van der Waals surface area contributed by atoms with Gasteiger partial charge in [0.15, 0.2) is 0 Å². The van der Waals surface area contributed by atoms with Gasteiger partial charge in [0, 0.05) is 39.3 Å². The van der Waals surface area contributed by atoms with Crippen LogP contribution in [0.15, 0.2) is 24.3 Å². The first-order chi connectivity index (χ1) is 10.2. The van der Waals surface area contributed by atoms with Crippen LogP contribution < -0.4 is 4.74 Å². The van der Waals surface area contributed by atoms with Crippen LogP contribution in [0.3, 0.4) is 0 Å². The van der Waals surface area contributed by atoms with Gasteiger partial charge in [-0.25, -0.2) is 0 Å². The minimum Gasteiger partial charge on any atom is -0.497 e. The maximum atomic E-state index is 12.3. The van der Waals surface area contributed by atoms with Crippen molar-refractivity contribution in [3.8, 4) is 5.75 Å². The fourth-order valence-corrected chi connectivity index (χ4v) is 2.58. The molecule has 1 fully saturated rings. The van der Waals surface area contributed by atoms with Crippen molar-refractivity contribution in [2.24, 2.45) is 0 Å². The van der Waals surface area contributed by atoms with E-state index < -0.39 is 0 Å². The molecule has 1 aromatic rings. The molecule has 0 aromatic heterocycles. The zero-order valence-electron chi connectivity index (χ0n) is 12.6. The van der Waals surface area contributed by atoms with E-state index in [9.17, 15) is 4.79 Å². The zero-order chi connectivity index (χ0) is 15.1. The number of methoxy groups -OCH3 is 1. The molecule has 2 rings (SSSR count). The largest absolute Gasteiger partial charge is 0.497 e.